The van der Waals surface area contributed by atoms with E-state index in [0.717, 1.165) is 11.6 Å². The number of nitrogens with one attached hydrogen (secondary N) is 2. The first-order chi connectivity index (χ1) is 15.0. The van der Waals surface area contributed by atoms with E-state index in [1.807, 2.05) is 19.1 Å². The van der Waals surface area contributed by atoms with E-state index >= 15 is 0 Å². The monoisotopic (exact) mass is 423 g/mol. The van der Waals surface area contributed by atoms with Crippen LogP contribution < -0.4 is 10.6 Å². The number of halogens is 2. The summed E-state index contributed by atoms with van der Waals surface area (Å²) in [6.07, 6.45) is 0.641. The Hall–Kier alpha value is -2.83. The summed E-state index contributed by atoms with van der Waals surface area (Å²) in [4.78, 5) is 14.9. The number of carbonyl (C=O) groups excluding carboxylic acids is 1. The Labute approximate surface area is 181 Å². The summed E-state index contributed by atoms with van der Waals surface area (Å²) in [5.41, 5.74) is 1.57. The van der Waals surface area contributed by atoms with Crippen LogP contribution >= 0.6 is 0 Å². The van der Waals surface area contributed by atoms with E-state index in [-0.39, 0.29) is 18.0 Å². The van der Waals surface area contributed by atoms with Crippen molar-refractivity contribution in [3.05, 3.63) is 83.4 Å². The van der Waals surface area contributed by atoms with Gasteiger partial charge in [-0.05, 0) is 41.8 Å². The van der Waals surface area contributed by atoms with Crippen molar-refractivity contribution >= 4 is 16.7 Å². The van der Waals surface area contributed by atoms with Gasteiger partial charge in [0.1, 0.15) is 11.6 Å². The van der Waals surface area contributed by atoms with Gasteiger partial charge in [0.2, 0.25) is 5.91 Å². The number of hydrogen-bond acceptors (Lipinski definition) is 3. The molecular formula is C25H27F2N3O. The summed E-state index contributed by atoms with van der Waals surface area (Å²) < 4.78 is 27.1. The zero-order valence-corrected chi connectivity index (χ0v) is 17.6. The Morgan fingerprint density at radius 2 is 1.87 bits per heavy atom. The highest BCUT2D eigenvalue weighted by Gasteiger charge is 2.36. The van der Waals surface area contributed by atoms with Crippen LogP contribution in [0.4, 0.5) is 8.78 Å². The highest BCUT2D eigenvalue weighted by molar-refractivity contribution is 5.83. The maximum atomic E-state index is 14.0. The van der Waals surface area contributed by atoms with Crippen LogP contribution in [0.15, 0.2) is 60.7 Å². The van der Waals surface area contributed by atoms with Crippen LogP contribution in [0.3, 0.4) is 0 Å². The molecule has 6 heteroatoms. The molecule has 1 aliphatic heterocycles. The summed E-state index contributed by atoms with van der Waals surface area (Å²) in [6.45, 7) is 4.13. The molecule has 31 heavy (non-hydrogen) atoms. The lowest BCUT2D eigenvalue weighted by Gasteiger charge is -2.23. The van der Waals surface area contributed by atoms with E-state index < -0.39 is 11.6 Å². The molecule has 0 spiro atoms. The van der Waals surface area contributed by atoms with Crippen LogP contribution in [0, 0.1) is 11.6 Å². The van der Waals surface area contributed by atoms with Gasteiger partial charge in [-0.15, -0.1) is 0 Å². The minimum atomic E-state index is -0.583. The van der Waals surface area contributed by atoms with Crippen LogP contribution in [0.2, 0.25) is 0 Å². The molecule has 1 amide bonds. The Bertz CT molecular complexity index is 1070. The molecule has 4 rings (SSSR count). The van der Waals surface area contributed by atoms with Gasteiger partial charge >= 0.3 is 0 Å². The number of likely N-dealkylation sites (N-methyl/N-ethyl adjacent to an activating group) is 1. The van der Waals surface area contributed by atoms with Crippen molar-refractivity contribution < 1.29 is 13.6 Å². The van der Waals surface area contributed by atoms with Crippen LogP contribution in [-0.2, 0) is 17.9 Å². The van der Waals surface area contributed by atoms with Crippen molar-refractivity contribution in [2.24, 2.45) is 0 Å². The van der Waals surface area contributed by atoms with Gasteiger partial charge in [0, 0.05) is 43.9 Å². The average Bonchev–Trinajstić information content (AvgIpc) is 3.16. The van der Waals surface area contributed by atoms with Crippen LogP contribution in [0.25, 0.3) is 10.8 Å². The highest BCUT2D eigenvalue weighted by Crippen LogP contribution is 2.24. The average molecular weight is 424 g/mol. The Balaban J connectivity index is 1.46. The molecule has 0 unspecified atom stereocenters. The lowest BCUT2D eigenvalue weighted by molar-refractivity contribution is -0.125. The minimum Gasteiger partial charge on any atom is -0.355 e. The molecule has 1 fully saturated rings. The number of rotatable bonds is 7. The van der Waals surface area contributed by atoms with Crippen LogP contribution in [0.1, 0.15) is 24.5 Å². The summed E-state index contributed by atoms with van der Waals surface area (Å²) >= 11 is 0. The lowest BCUT2D eigenvalue weighted by Crippen LogP contribution is -2.42. The second kappa shape index (κ2) is 9.54. The minimum absolute atomic E-state index is 0.0144. The van der Waals surface area contributed by atoms with Crippen molar-refractivity contribution in [2.45, 2.75) is 38.5 Å². The van der Waals surface area contributed by atoms with E-state index in [0.29, 0.717) is 38.2 Å². The van der Waals surface area contributed by atoms with Crippen molar-refractivity contribution in [1.29, 1.82) is 0 Å². The Morgan fingerprint density at radius 3 is 2.65 bits per heavy atom. The van der Waals surface area contributed by atoms with Gasteiger partial charge in [-0.2, -0.15) is 0 Å². The van der Waals surface area contributed by atoms with E-state index in [9.17, 15) is 13.6 Å². The number of fused-ring (bicyclic) bond motifs is 1. The van der Waals surface area contributed by atoms with Gasteiger partial charge in [0.25, 0.3) is 0 Å². The first kappa shape index (κ1) is 21.4. The molecule has 0 aromatic heterocycles. The third kappa shape index (κ3) is 5.09. The maximum absolute atomic E-state index is 14.0. The normalized spacial score (nSPS) is 19.1. The van der Waals surface area contributed by atoms with Crippen molar-refractivity contribution in [3.63, 3.8) is 0 Å². The van der Waals surface area contributed by atoms with Gasteiger partial charge in [-0.25, -0.2) is 8.78 Å². The molecule has 3 aromatic rings. The molecule has 0 saturated carbocycles. The first-order valence-electron chi connectivity index (χ1n) is 10.7. The molecule has 162 valence electrons. The fourth-order valence-electron chi connectivity index (χ4n) is 4.28. The van der Waals surface area contributed by atoms with Gasteiger partial charge in [-0.1, -0.05) is 42.5 Å². The van der Waals surface area contributed by atoms with Crippen molar-refractivity contribution in [2.75, 3.05) is 13.1 Å². The van der Waals surface area contributed by atoms with E-state index in [4.69, 9.17) is 0 Å². The van der Waals surface area contributed by atoms with E-state index in [1.165, 1.54) is 22.9 Å². The summed E-state index contributed by atoms with van der Waals surface area (Å²) in [5.74, 6) is -1.13. The Kier molecular flexibility index (Phi) is 6.59. The topological polar surface area (TPSA) is 44.4 Å². The molecule has 1 saturated heterocycles. The van der Waals surface area contributed by atoms with Crippen LogP contribution in [-0.4, -0.2) is 36.0 Å². The summed E-state index contributed by atoms with van der Waals surface area (Å²) in [6, 6.07) is 18.0. The van der Waals surface area contributed by atoms with Gasteiger partial charge < -0.3 is 10.6 Å². The molecule has 0 aliphatic carbocycles. The zero-order chi connectivity index (χ0) is 21.8. The predicted octanol–water partition coefficient (Wildman–Crippen LogP) is 3.99. The molecule has 1 aliphatic rings. The molecule has 0 bridgehead atoms. The van der Waals surface area contributed by atoms with Gasteiger partial charge in [0.15, 0.2) is 0 Å². The quantitative estimate of drug-likeness (QED) is 0.604. The number of nitrogens with zero attached hydrogens (tertiary/aromatic N) is 1. The number of amides is 1. The number of carbonyl (C=O) groups is 1. The third-order valence-electron chi connectivity index (χ3n) is 5.85. The van der Waals surface area contributed by atoms with Gasteiger partial charge in [-0.3, -0.25) is 9.69 Å². The molecule has 1 heterocycles. The maximum Gasteiger partial charge on any atom is 0.237 e. The molecule has 2 atom stereocenters. The zero-order valence-electron chi connectivity index (χ0n) is 17.6. The molecule has 0 radical (unpaired) electrons. The highest BCUT2D eigenvalue weighted by atomic mass is 19.1. The molecule has 4 nitrogen and oxygen atoms in total. The molecule has 2 N–H and O–H groups in total. The number of likely N-dealkylation sites (tertiary alicyclic amines) is 1. The number of benzene rings is 3. The molecular weight excluding hydrogens is 396 g/mol. The fourth-order valence-corrected chi connectivity index (χ4v) is 4.28. The first-order valence-corrected chi connectivity index (χ1v) is 10.7. The predicted molar refractivity (Wildman–Crippen MR) is 118 cm³/mol. The standard InChI is InChI=1S/C25H27F2N3O/c1-2-28-25(31)24-13-22(29-14-20-9-10-21(26)12-23(20)27)16-30(24)15-17-7-8-18-5-3-4-6-19(18)11-17/h3-12,22,24,29H,2,13-16H2,1H3,(H,28,31)/t22-,24+/m1/s1. The second-order valence-corrected chi connectivity index (χ2v) is 8.07. The SMILES string of the molecule is CCNC(=O)[C@@H]1C[C@@H](NCc2ccc(F)cc2F)CN1Cc1ccc2ccccc2c1. The van der Waals surface area contributed by atoms with Crippen molar-refractivity contribution in [1.82, 2.24) is 15.5 Å². The van der Waals surface area contributed by atoms with Gasteiger partial charge in [0.05, 0.1) is 6.04 Å². The third-order valence-corrected chi connectivity index (χ3v) is 5.85. The van der Waals surface area contributed by atoms with E-state index in [1.54, 1.807) is 0 Å². The smallest absolute Gasteiger partial charge is 0.237 e. The molecule has 3 aromatic carbocycles. The largest absolute Gasteiger partial charge is 0.355 e. The summed E-state index contributed by atoms with van der Waals surface area (Å²) in [7, 11) is 0. The van der Waals surface area contributed by atoms with Crippen LogP contribution in [0.5, 0.6) is 0 Å². The van der Waals surface area contributed by atoms with E-state index in [2.05, 4.69) is 45.9 Å². The second-order valence-electron chi connectivity index (χ2n) is 8.07. The fraction of sp³-hybridized carbons (Fsp3) is 0.320. The lowest BCUT2D eigenvalue weighted by atomic mass is 10.1. The van der Waals surface area contributed by atoms with Crippen molar-refractivity contribution in [3.8, 4) is 0 Å². The Morgan fingerprint density at radius 1 is 1.06 bits per heavy atom. The number of hydrogen-bond donors (Lipinski definition) is 2. The summed E-state index contributed by atoms with van der Waals surface area (Å²) in [5, 5.41) is 8.64.